The summed E-state index contributed by atoms with van der Waals surface area (Å²) in [6.45, 7) is 0. The van der Waals surface area contributed by atoms with Gasteiger partial charge in [0.15, 0.2) is 9.84 Å². The molecule has 2 fully saturated rings. The highest BCUT2D eigenvalue weighted by Gasteiger charge is 2.54. The van der Waals surface area contributed by atoms with Crippen molar-refractivity contribution in [3.63, 3.8) is 0 Å². The van der Waals surface area contributed by atoms with Gasteiger partial charge in [0.25, 0.3) is 0 Å². The smallest absolute Gasteiger partial charge is 0.329 e. The van der Waals surface area contributed by atoms with Crippen LogP contribution < -0.4 is 14.5 Å². The van der Waals surface area contributed by atoms with Crippen LogP contribution in [0, 0.1) is 0 Å². The van der Waals surface area contributed by atoms with Crippen LogP contribution in [-0.4, -0.2) is 45.1 Å². The van der Waals surface area contributed by atoms with Gasteiger partial charge in [0.2, 0.25) is 0 Å². The van der Waals surface area contributed by atoms with Crippen LogP contribution in [0.3, 0.4) is 0 Å². The van der Waals surface area contributed by atoms with E-state index in [1.807, 2.05) is 0 Å². The lowest BCUT2D eigenvalue weighted by Crippen LogP contribution is -2.37. The number of rotatable bonds is 3. The van der Waals surface area contributed by atoms with Gasteiger partial charge in [-0.25, -0.2) is 13.2 Å². The maximum Gasteiger partial charge on any atom is 0.329 e. The molecule has 27 heavy (non-hydrogen) atoms. The highest BCUT2D eigenvalue weighted by Crippen LogP contribution is 2.40. The van der Waals surface area contributed by atoms with E-state index in [1.54, 1.807) is 42.5 Å². The minimum Gasteiger partial charge on any atom is -0.497 e. The van der Waals surface area contributed by atoms with Gasteiger partial charge in [-0.3, -0.25) is 9.80 Å². The van der Waals surface area contributed by atoms with Crippen LogP contribution in [-0.2, 0) is 9.84 Å². The van der Waals surface area contributed by atoms with Crippen LogP contribution in [0.25, 0.3) is 0 Å². The Morgan fingerprint density at radius 1 is 0.963 bits per heavy atom. The van der Waals surface area contributed by atoms with Gasteiger partial charge in [-0.15, -0.1) is 0 Å². The predicted molar refractivity (Wildman–Crippen MR) is 106 cm³/mol. The standard InChI is InChI=1S/C18H16Cl2N2O4S/c1-26-13-4-2-3-11(7-13)21-16-9-27(24,25)10-17(16)22(18(21)23)12-5-6-14(19)15(20)8-12/h2-8,16-17H,9-10H2,1H3/t16-,17+/m1/s1. The highest BCUT2D eigenvalue weighted by atomic mass is 35.5. The molecule has 2 aromatic rings. The molecule has 2 aromatic carbocycles. The topological polar surface area (TPSA) is 66.9 Å². The first-order valence-electron chi connectivity index (χ1n) is 8.23. The van der Waals surface area contributed by atoms with E-state index in [0.717, 1.165) is 0 Å². The molecule has 2 aliphatic rings. The summed E-state index contributed by atoms with van der Waals surface area (Å²) in [5, 5.41) is 0.673. The minimum absolute atomic E-state index is 0.0849. The Morgan fingerprint density at radius 2 is 1.59 bits per heavy atom. The zero-order valence-corrected chi connectivity index (χ0v) is 16.6. The molecule has 0 aromatic heterocycles. The Bertz CT molecular complexity index is 1030. The first-order chi connectivity index (χ1) is 12.8. The van der Waals surface area contributed by atoms with Crippen molar-refractivity contribution in [2.75, 3.05) is 28.4 Å². The van der Waals surface area contributed by atoms with E-state index in [1.165, 1.54) is 16.9 Å². The fraction of sp³-hybridized carbons (Fsp3) is 0.278. The fourth-order valence-corrected chi connectivity index (χ4v) is 5.91. The Hall–Kier alpha value is -1.96. The number of sulfone groups is 1. The quantitative estimate of drug-likeness (QED) is 0.702. The Labute approximate surface area is 167 Å². The van der Waals surface area contributed by atoms with E-state index in [0.29, 0.717) is 27.2 Å². The average Bonchev–Trinajstić information content (AvgIpc) is 3.06. The summed E-state index contributed by atoms with van der Waals surface area (Å²) in [5.41, 5.74) is 1.11. The number of ether oxygens (including phenoxy) is 1. The van der Waals surface area contributed by atoms with Gasteiger partial charge in [-0.1, -0.05) is 29.3 Å². The number of methoxy groups -OCH3 is 1. The summed E-state index contributed by atoms with van der Waals surface area (Å²) >= 11 is 12.1. The summed E-state index contributed by atoms with van der Waals surface area (Å²) in [6, 6.07) is 10.6. The van der Waals surface area contributed by atoms with Crippen molar-refractivity contribution in [1.29, 1.82) is 0 Å². The van der Waals surface area contributed by atoms with Crippen LogP contribution in [0.2, 0.25) is 10.0 Å². The van der Waals surface area contributed by atoms with E-state index in [2.05, 4.69) is 0 Å². The second-order valence-electron chi connectivity index (χ2n) is 6.53. The van der Waals surface area contributed by atoms with Crippen molar-refractivity contribution in [1.82, 2.24) is 0 Å². The van der Waals surface area contributed by atoms with Gasteiger partial charge in [0.1, 0.15) is 5.75 Å². The lowest BCUT2D eigenvalue weighted by Gasteiger charge is -2.23. The molecular weight excluding hydrogens is 411 g/mol. The van der Waals surface area contributed by atoms with Crippen molar-refractivity contribution in [2.45, 2.75) is 12.1 Å². The number of benzene rings is 2. The minimum atomic E-state index is -3.27. The molecule has 0 spiro atoms. The molecule has 0 aliphatic carbocycles. The lowest BCUT2D eigenvalue weighted by molar-refractivity contribution is 0.255. The number of hydrogen-bond donors (Lipinski definition) is 0. The SMILES string of the molecule is COc1cccc(N2C(=O)N(c3ccc(Cl)c(Cl)c3)[C@H]3CS(=O)(=O)C[C@H]32)c1. The maximum atomic E-state index is 13.3. The number of hydrogen-bond acceptors (Lipinski definition) is 4. The van der Waals surface area contributed by atoms with E-state index in [4.69, 9.17) is 27.9 Å². The Kier molecular flexibility index (Phi) is 4.49. The maximum absolute atomic E-state index is 13.3. The average molecular weight is 427 g/mol. The fourth-order valence-electron chi connectivity index (χ4n) is 3.70. The number of urea groups is 1. The van der Waals surface area contributed by atoms with Gasteiger partial charge in [-0.2, -0.15) is 0 Å². The van der Waals surface area contributed by atoms with Crippen LogP contribution in [0.4, 0.5) is 16.2 Å². The van der Waals surface area contributed by atoms with Crippen LogP contribution in [0.15, 0.2) is 42.5 Å². The largest absolute Gasteiger partial charge is 0.497 e. The van der Waals surface area contributed by atoms with Crippen molar-refractivity contribution in [2.24, 2.45) is 0 Å². The van der Waals surface area contributed by atoms with E-state index < -0.39 is 21.9 Å². The molecule has 0 N–H and O–H groups in total. The van der Waals surface area contributed by atoms with Crippen LogP contribution in [0.5, 0.6) is 5.75 Å². The molecule has 2 atom stereocenters. The van der Waals surface area contributed by atoms with Crippen molar-refractivity contribution < 1.29 is 17.9 Å². The van der Waals surface area contributed by atoms with Crippen molar-refractivity contribution in [3.8, 4) is 5.75 Å². The van der Waals surface area contributed by atoms with Crippen LogP contribution >= 0.6 is 23.2 Å². The first kappa shape index (κ1) is 18.4. The molecular formula is C18H16Cl2N2O4S. The molecule has 2 saturated heterocycles. The van der Waals surface area contributed by atoms with Gasteiger partial charge in [-0.05, 0) is 30.3 Å². The normalized spacial score (nSPS) is 23.6. The molecule has 2 aliphatic heterocycles. The number of anilines is 2. The van der Waals surface area contributed by atoms with E-state index >= 15 is 0 Å². The molecule has 0 bridgehead atoms. The second kappa shape index (κ2) is 6.58. The summed E-state index contributed by atoms with van der Waals surface area (Å²) < 4.78 is 29.9. The number of carbonyl (C=O) groups is 1. The number of fused-ring (bicyclic) bond motifs is 1. The molecule has 2 amide bonds. The van der Waals surface area contributed by atoms with Crippen molar-refractivity contribution >= 4 is 50.4 Å². The zero-order chi connectivity index (χ0) is 19.3. The number of nitrogens with zero attached hydrogens (tertiary/aromatic N) is 2. The molecule has 4 rings (SSSR count). The third-order valence-corrected chi connectivity index (χ3v) is 7.32. The summed E-state index contributed by atoms with van der Waals surface area (Å²) in [5.74, 6) is 0.411. The second-order valence-corrected chi connectivity index (χ2v) is 9.50. The van der Waals surface area contributed by atoms with Crippen molar-refractivity contribution in [3.05, 3.63) is 52.5 Å². The van der Waals surface area contributed by atoms with Gasteiger partial charge in [0, 0.05) is 17.4 Å². The Morgan fingerprint density at radius 3 is 2.19 bits per heavy atom. The number of halogens is 2. The predicted octanol–water partition coefficient (Wildman–Crippen LogP) is 3.61. The van der Waals surface area contributed by atoms with Gasteiger partial charge < -0.3 is 4.74 Å². The molecule has 0 unspecified atom stereocenters. The zero-order valence-electron chi connectivity index (χ0n) is 14.3. The van der Waals surface area contributed by atoms with Gasteiger partial charge >= 0.3 is 6.03 Å². The molecule has 142 valence electrons. The summed E-state index contributed by atoms with van der Waals surface area (Å²) in [6.07, 6.45) is 0. The molecule has 9 heteroatoms. The molecule has 0 saturated carbocycles. The van der Waals surface area contributed by atoms with E-state index in [9.17, 15) is 13.2 Å². The Balaban J connectivity index is 1.81. The summed E-state index contributed by atoms with van der Waals surface area (Å²) in [7, 11) is -1.73. The molecule has 6 nitrogen and oxygen atoms in total. The number of carbonyl (C=O) groups excluding carboxylic acids is 1. The number of amides is 2. The third-order valence-electron chi connectivity index (χ3n) is 4.88. The van der Waals surface area contributed by atoms with Crippen LogP contribution in [0.1, 0.15) is 0 Å². The first-order valence-corrected chi connectivity index (χ1v) is 10.8. The monoisotopic (exact) mass is 426 g/mol. The highest BCUT2D eigenvalue weighted by molar-refractivity contribution is 7.91. The van der Waals surface area contributed by atoms with E-state index in [-0.39, 0.29) is 17.5 Å². The van der Waals surface area contributed by atoms with Gasteiger partial charge in [0.05, 0.1) is 40.7 Å². The molecule has 2 heterocycles. The lowest BCUT2D eigenvalue weighted by atomic mass is 10.1. The third kappa shape index (κ3) is 3.13. The molecule has 0 radical (unpaired) electrons. The summed E-state index contributed by atoms with van der Waals surface area (Å²) in [4.78, 5) is 16.3.